The summed E-state index contributed by atoms with van der Waals surface area (Å²) in [5.41, 5.74) is 1.42. The molecule has 0 radical (unpaired) electrons. The van der Waals surface area contributed by atoms with Crippen molar-refractivity contribution < 1.29 is 14.6 Å². The van der Waals surface area contributed by atoms with Gasteiger partial charge in [0.25, 0.3) is 0 Å². The van der Waals surface area contributed by atoms with Crippen LogP contribution in [0, 0.1) is 5.41 Å². The molecule has 0 amide bonds. The quantitative estimate of drug-likeness (QED) is 0.846. The van der Waals surface area contributed by atoms with Gasteiger partial charge in [-0.3, -0.25) is 0 Å². The van der Waals surface area contributed by atoms with Gasteiger partial charge >= 0.3 is 0 Å². The average Bonchev–Trinajstić information content (AvgIpc) is 3.19. The minimum atomic E-state index is 0.275. The topological polar surface area (TPSA) is 50.7 Å². The highest BCUT2D eigenvalue weighted by molar-refractivity contribution is 6.32. The normalized spacial score (nSPS) is 18.9. The maximum absolute atomic E-state index is 9.05. The number of rotatable bonds is 6. The molecule has 5 heteroatoms. The SMILES string of the molecule is OCCC1(CNCc2cc(Cl)c3c(c2)OCCO3)CC1. The Labute approximate surface area is 124 Å². The molecule has 1 aromatic carbocycles. The molecule has 0 bridgehead atoms. The van der Waals surface area contributed by atoms with Crippen LogP contribution in [0.15, 0.2) is 12.1 Å². The maximum Gasteiger partial charge on any atom is 0.179 e. The number of aliphatic hydroxyl groups excluding tert-OH is 1. The van der Waals surface area contributed by atoms with E-state index in [9.17, 15) is 0 Å². The van der Waals surface area contributed by atoms with Crippen molar-refractivity contribution in [3.05, 3.63) is 22.7 Å². The van der Waals surface area contributed by atoms with Crippen molar-refractivity contribution in [2.24, 2.45) is 5.41 Å². The lowest BCUT2D eigenvalue weighted by Gasteiger charge is -2.21. The van der Waals surface area contributed by atoms with Crippen molar-refractivity contribution >= 4 is 11.6 Å². The molecular weight excluding hydrogens is 278 g/mol. The summed E-state index contributed by atoms with van der Waals surface area (Å²) in [6.07, 6.45) is 3.31. The fourth-order valence-corrected chi connectivity index (χ4v) is 2.96. The Morgan fingerprint density at radius 3 is 2.80 bits per heavy atom. The summed E-state index contributed by atoms with van der Waals surface area (Å²) in [5.74, 6) is 1.39. The largest absolute Gasteiger partial charge is 0.486 e. The highest BCUT2D eigenvalue weighted by atomic mass is 35.5. The predicted molar refractivity (Wildman–Crippen MR) is 77.5 cm³/mol. The summed E-state index contributed by atoms with van der Waals surface area (Å²) in [6.45, 7) is 3.09. The molecule has 2 aliphatic rings. The van der Waals surface area contributed by atoms with Gasteiger partial charge in [0.2, 0.25) is 0 Å². The Morgan fingerprint density at radius 2 is 2.05 bits per heavy atom. The maximum atomic E-state index is 9.05. The first-order chi connectivity index (χ1) is 9.72. The van der Waals surface area contributed by atoms with Gasteiger partial charge in [0, 0.05) is 19.7 Å². The summed E-state index contributed by atoms with van der Waals surface area (Å²) in [7, 11) is 0. The zero-order valence-electron chi connectivity index (χ0n) is 11.5. The highest BCUT2D eigenvalue weighted by Gasteiger charge is 2.41. The number of benzene rings is 1. The smallest absolute Gasteiger partial charge is 0.179 e. The van der Waals surface area contributed by atoms with E-state index in [1.807, 2.05) is 12.1 Å². The van der Waals surface area contributed by atoms with Crippen molar-refractivity contribution in [3.8, 4) is 11.5 Å². The Kier molecular flexibility index (Phi) is 4.06. The standard InChI is InChI=1S/C15H20ClNO3/c16-12-7-11(8-13-14(12)20-6-5-19-13)9-17-10-15(1-2-15)3-4-18/h7-8,17-18H,1-6,9-10H2. The van der Waals surface area contributed by atoms with Crippen LogP contribution in [0.1, 0.15) is 24.8 Å². The fraction of sp³-hybridized carbons (Fsp3) is 0.600. The van der Waals surface area contributed by atoms with Gasteiger partial charge in [-0.1, -0.05) is 11.6 Å². The second-order valence-electron chi connectivity index (χ2n) is 5.68. The van der Waals surface area contributed by atoms with E-state index in [0.29, 0.717) is 29.4 Å². The second kappa shape index (κ2) is 5.80. The third-order valence-electron chi connectivity index (χ3n) is 4.08. The molecule has 2 N–H and O–H groups in total. The van der Waals surface area contributed by atoms with E-state index in [0.717, 1.165) is 30.8 Å². The van der Waals surface area contributed by atoms with Crippen LogP contribution in [-0.4, -0.2) is 31.5 Å². The molecule has 1 saturated carbocycles. The molecule has 20 heavy (non-hydrogen) atoms. The molecule has 0 atom stereocenters. The first kappa shape index (κ1) is 14.0. The van der Waals surface area contributed by atoms with Crippen LogP contribution in [0.3, 0.4) is 0 Å². The second-order valence-corrected chi connectivity index (χ2v) is 6.09. The zero-order chi connectivity index (χ0) is 14.0. The third kappa shape index (κ3) is 3.03. The summed E-state index contributed by atoms with van der Waals surface area (Å²) in [5, 5.41) is 13.1. The Balaban J connectivity index is 1.59. The van der Waals surface area contributed by atoms with Gasteiger partial charge in [0.15, 0.2) is 11.5 Å². The molecule has 0 saturated heterocycles. The molecule has 3 rings (SSSR count). The minimum Gasteiger partial charge on any atom is -0.486 e. The first-order valence-electron chi connectivity index (χ1n) is 7.12. The van der Waals surface area contributed by atoms with Crippen LogP contribution >= 0.6 is 11.6 Å². The number of halogens is 1. The van der Waals surface area contributed by atoms with E-state index in [-0.39, 0.29) is 6.61 Å². The molecule has 1 heterocycles. The summed E-state index contributed by atoms with van der Waals surface area (Å²) < 4.78 is 11.1. The molecule has 1 aliphatic heterocycles. The van der Waals surface area contributed by atoms with Gasteiger partial charge < -0.3 is 19.9 Å². The zero-order valence-corrected chi connectivity index (χ0v) is 12.2. The molecule has 1 fully saturated rings. The van der Waals surface area contributed by atoms with Gasteiger partial charge in [0.1, 0.15) is 13.2 Å². The van der Waals surface area contributed by atoms with Gasteiger partial charge in [-0.2, -0.15) is 0 Å². The van der Waals surface area contributed by atoms with E-state index < -0.39 is 0 Å². The number of hydrogen-bond acceptors (Lipinski definition) is 4. The van der Waals surface area contributed by atoms with Crippen molar-refractivity contribution in [2.75, 3.05) is 26.4 Å². The number of nitrogens with one attached hydrogen (secondary N) is 1. The predicted octanol–water partition coefficient (Wildman–Crippen LogP) is 2.36. The molecule has 1 aliphatic carbocycles. The molecule has 0 aromatic heterocycles. The Hall–Kier alpha value is -0.970. The Morgan fingerprint density at radius 1 is 1.25 bits per heavy atom. The van der Waals surface area contributed by atoms with Crippen LogP contribution < -0.4 is 14.8 Å². The monoisotopic (exact) mass is 297 g/mol. The van der Waals surface area contributed by atoms with Crippen molar-refractivity contribution in [2.45, 2.75) is 25.8 Å². The first-order valence-corrected chi connectivity index (χ1v) is 7.50. The van der Waals surface area contributed by atoms with Gasteiger partial charge in [0.05, 0.1) is 5.02 Å². The molecule has 4 nitrogen and oxygen atoms in total. The fourth-order valence-electron chi connectivity index (χ4n) is 2.67. The van der Waals surface area contributed by atoms with E-state index in [1.165, 1.54) is 12.8 Å². The van der Waals surface area contributed by atoms with Crippen LogP contribution in [0.4, 0.5) is 0 Å². The van der Waals surface area contributed by atoms with Crippen LogP contribution in [-0.2, 0) is 6.54 Å². The lowest BCUT2D eigenvalue weighted by molar-refractivity contribution is 0.171. The summed E-state index contributed by atoms with van der Waals surface area (Å²) in [6, 6.07) is 3.91. The van der Waals surface area contributed by atoms with E-state index in [4.69, 9.17) is 26.2 Å². The summed E-state index contributed by atoms with van der Waals surface area (Å²) >= 11 is 6.21. The molecular formula is C15H20ClNO3. The highest BCUT2D eigenvalue weighted by Crippen LogP contribution is 2.48. The van der Waals surface area contributed by atoms with Crippen LogP contribution in [0.25, 0.3) is 0 Å². The van der Waals surface area contributed by atoms with E-state index in [2.05, 4.69) is 5.32 Å². The van der Waals surface area contributed by atoms with Crippen molar-refractivity contribution in [1.29, 1.82) is 0 Å². The van der Waals surface area contributed by atoms with Crippen LogP contribution in [0.2, 0.25) is 5.02 Å². The van der Waals surface area contributed by atoms with Crippen LogP contribution in [0.5, 0.6) is 11.5 Å². The molecule has 0 unspecified atom stereocenters. The van der Waals surface area contributed by atoms with Crippen molar-refractivity contribution in [3.63, 3.8) is 0 Å². The molecule has 110 valence electrons. The van der Waals surface area contributed by atoms with E-state index >= 15 is 0 Å². The Bertz CT molecular complexity index is 488. The number of aliphatic hydroxyl groups is 1. The average molecular weight is 298 g/mol. The number of fused-ring (bicyclic) bond motifs is 1. The lowest BCUT2D eigenvalue weighted by atomic mass is 10.0. The number of hydrogen-bond donors (Lipinski definition) is 2. The summed E-state index contributed by atoms with van der Waals surface area (Å²) in [4.78, 5) is 0. The van der Waals surface area contributed by atoms with E-state index in [1.54, 1.807) is 0 Å². The van der Waals surface area contributed by atoms with Crippen molar-refractivity contribution in [1.82, 2.24) is 5.32 Å². The lowest BCUT2D eigenvalue weighted by Crippen LogP contribution is -2.24. The van der Waals surface area contributed by atoms with Gasteiger partial charge in [-0.05, 0) is 42.4 Å². The molecule has 0 spiro atoms. The third-order valence-corrected chi connectivity index (χ3v) is 4.37. The number of ether oxygens (including phenoxy) is 2. The molecule has 1 aromatic rings. The van der Waals surface area contributed by atoms with Gasteiger partial charge in [-0.25, -0.2) is 0 Å². The minimum absolute atomic E-state index is 0.275. The van der Waals surface area contributed by atoms with Gasteiger partial charge in [-0.15, -0.1) is 0 Å².